The van der Waals surface area contributed by atoms with Crippen LogP contribution in [0.3, 0.4) is 0 Å². The quantitative estimate of drug-likeness (QED) is 0.783. The zero-order valence-corrected chi connectivity index (χ0v) is 9.74. The molecule has 0 spiro atoms. The third-order valence-corrected chi connectivity index (χ3v) is 2.37. The summed E-state index contributed by atoms with van der Waals surface area (Å²) in [4.78, 5) is 13.4. The van der Waals surface area contributed by atoms with Gasteiger partial charge in [0.25, 0.3) is 0 Å². The van der Waals surface area contributed by atoms with Gasteiger partial charge in [-0.15, -0.1) is 0 Å². The van der Waals surface area contributed by atoms with E-state index in [1.54, 1.807) is 0 Å². The molecule has 1 aliphatic heterocycles. The lowest BCUT2D eigenvalue weighted by Gasteiger charge is -2.18. The maximum atomic E-state index is 4.93. The van der Waals surface area contributed by atoms with E-state index in [-0.39, 0.29) is 5.41 Å². The van der Waals surface area contributed by atoms with E-state index in [2.05, 4.69) is 42.8 Å². The number of hydrogen-bond donors (Lipinski definition) is 1. The Kier molecular flexibility index (Phi) is 2.42. The Morgan fingerprint density at radius 1 is 1.31 bits per heavy atom. The molecule has 0 unspecified atom stereocenters. The fraction of sp³-hybridized carbons (Fsp3) is 0.333. The van der Waals surface area contributed by atoms with Gasteiger partial charge < -0.3 is 4.84 Å². The van der Waals surface area contributed by atoms with E-state index in [4.69, 9.17) is 4.84 Å². The van der Waals surface area contributed by atoms with Crippen molar-refractivity contribution in [3.63, 3.8) is 0 Å². The highest BCUT2D eigenvalue weighted by molar-refractivity contribution is 5.97. The van der Waals surface area contributed by atoms with E-state index in [0.717, 1.165) is 5.69 Å². The molecular formula is C12H15N3O. The van der Waals surface area contributed by atoms with Gasteiger partial charge in [-0.25, -0.2) is 0 Å². The number of amidine groups is 1. The predicted octanol–water partition coefficient (Wildman–Crippen LogP) is 2.13. The molecule has 2 rings (SSSR count). The molecule has 84 valence electrons. The average molecular weight is 217 g/mol. The molecule has 1 aromatic rings. The lowest BCUT2D eigenvalue weighted by atomic mass is 9.88. The summed E-state index contributed by atoms with van der Waals surface area (Å²) in [5.41, 5.74) is 4.72. The minimum Gasteiger partial charge on any atom is -0.361 e. The first-order chi connectivity index (χ1) is 7.47. The predicted molar refractivity (Wildman–Crippen MR) is 62.8 cm³/mol. The van der Waals surface area contributed by atoms with E-state index in [1.165, 1.54) is 5.56 Å². The summed E-state index contributed by atoms with van der Waals surface area (Å²) >= 11 is 0. The molecular weight excluding hydrogens is 202 g/mol. The van der Waals surface area contributed by atoms with Crippen molar-refractivity contribution in [2.24, 2.45) is 4.99 Å². The van der Waals surface area contributed by atoms with Crippen LogP contribution in [0.5, 0.6) is 0 Å². The summed E-state index contributed by atoms with van der Waals surface area (Å²) in [7, 11) is 0. The van der Waals surface area contributed by atoms with Gasteiger partial charge in [-0.1, -0.05) is 26.8 Å². The minimum atomic E-state index is 0.108. The van der Waals surface area contributed by atoms with Gasteiger partial charge in [0.05, 0.1) is 0 Å². The second-order valence-electron chi connectivity index (χ2n) is 4.74. The van der Waals surface area contributed by atoms with E-state index in [0.29, 0.717) is 11.7 Å². The van der Waals surface area contributed by atoms with Crippen LogP contribution in [0.1, 0.15) is 32.0 Å². The van der Waals surface area contributed by atoms with Crippen molar-refractivity contribution in [1.29, 1.82) is 0 Å². The van der Waals surface area contributed by atoms with E-state index in [1.807, 2.05) is 18.3 Å². The van der Waals surface area contributed by atoms with E-state index < -0.39 is 0 Å². The summed E-state index contributed by atoms with van der Waals surface area (Å²) < 4.78 is 0. The molecule has 0 saturated carbocycles. The standard InChI is InChI=1S/C12H15N3O/c1-8-14-11(15-16-8)10-6-5-9(7-13-10)12(2,3)4/h5-7H,1H2,2-4H3,(H,14,15). The second-order valence-corrected chi connectivity index (χ2v) is 4.74. The van der Waals surface area contributed by atoms with Crippen LogP contribution in [0.25, 0.3) is 0 Å². The summed E-state index contributed by atoms with van der Waals surface area (Å²) in [6, 6.07) is 3.97. The van der Waals surface area contributed by atoms with Crippen LogP contribution >= 0.6 is 0 Å². The Balaban J connectivity index is 2.27. The highest BCUT2D eigenvalue weighted by Crippen LogP contribution is 2.21. The summed E-state index contributed by atoms with van der Waals surface area (Å²) in [6.45, 7) is 10.0. The zero-order chi connectivity index (χ0) is 11.8. The van der Waals surface area contributed by atoms with Gasteiger partial charge >= 0.3 is 0 Å². The van der Waals surface area contributed by atoms with Crippen LogP contribution in [0.15, 0.2) is 35.8 Å². The lowest BCUT2D eigenvalue weighted by molar-refractivity contribution is 0.179. The maximum Gasteiger partial charge on any atom is 0.240 e. The molecule has 1 aliphatic rings. The Labute approximate surface area is 95.0 Å². The zero-order valence-electron chi connectivity index (χ0n) is 9.74. The smallest absolute Gasteiger partial charge is 0.240 e. The third-order valence-electron chi connectivity index (χ3n) is 2.37. The highest BCUT2D eigenvalue weighted by Gasteiger charge is 2.16. The van der Waals surface area contributed by atoms with Crippen LogP contribution in [-0.4, -0.2) is 10.8 Å². The SMILES string of the molecule is C=C1N=C(c2ccc(C(C)(C)C)cn2)NO1. The first-order valence-corrected chi connectivity index (χ1v) is 5.14. The van der Waals surface area contributed by atoms with Gasteiger partial charge in [-0.05, 0) is 23.6 Å². The molecule has 1 aromatic heterocycles. The molecule has 0 aromatic carbocycles. The van der Waals surface area contributed by atoms with Crippen LogP contribution in [0.4, 0.5) is 0 Å². The highest BCUT2D eigenvalue weighted by atomic mass is 16.7. The topological polar surface area (TPSA) is 46.5 Å². The maximum absolute atomic E-state index is 4.93. The van der Waals surface area contributed by atoms with Crippen molar-refractivity contribution in [2.45, 2.75) is 26.2 Å². The Morgan fingerprint density at radius 2 is 2.06 bits per heavy atom. The molecule has 1 N–H and O–H groups in total. The van der Waals surface area contributed by atoms with Crippen molar-refractivity contribution in [3.05, 3.63) is 42.0 Å². The molecule has 0 saturated heterocycles. The number of hydrogen-bond acceptors (Lipinski definition) is 4. The van der Waals surface area contributed by atoms with Gasteiger partial charge in [0.1, 0.15) is 5.69 Å². The Morgan fingerprint density at radius 3 is 2.50 bits per heavy atom. The molecule has 4 nitrogen and oxygen atoms in total. The molecule has 0 radical (unpaired) electrons. The van der Waals surface area contributed by atoms with Crippen molar-refractivity contribution in [3.8, 4) is 0 Å². The summed E-state index contributed by atoms with van der Waals surface area (Å²) in [5, 5.41) is 0. The molecule has 0 fully saturated rings. The molecule has 0 atom stereocenters. The lowest BCUT2D eigenvalue weighted by Crippen LogP contribution is -2.19. The van der Waals surface area contributed by atoms with Gasteiger partial charge in [-0.2, -0.15) is 10.5 Å². The molecule has 0 amide bonds. The van der Waals surface area contributed by atoms with Crippen LogP contribution in [0, 0.1) is 0 Å². The molecule has 4 heteroatoms. The van der Waals surface area contributed by atoms with Gasteiger partial charge in [0, 0.05) is 6.20 Å². The first kappa shape index (κ1) is 10.7. The molecule has 2 heterocycles. The molecule has 16 heavy (non-hydrogen) atoms. The average Bonchev–Trinajstić information content (AvgIpc) is 2.64. The van der Waals surface area contributed by atoms with Crippen LogP contribution in [0.2, 0.25) is 0 Å². The number of nitrogens with one attached hydrogen (secondary N) is 1. The second kappa shape index (κ2) is 3.63. The number of aliphatic imine (C=N–C) groups is 1. The third kappa shape index (κ3) is 2.05. The fourth-order valence-corrected chi connectivity index (χ4v) is 1.36. The number of nitrogens with zero attached hydrogens (tertiary/aromatic N) is 2. The number of aromatic nitrogens is 1. The largest absolute Gasteiger partial charge is 0.361 e. The van der Waals surface area contributed by atoms with Gasteiger partial charge in [0.2, 0.25) is 5.88 Å². The Bertz CT molecular complexity index is 440. The van der Waals surface area contributed by atoms with Crippen molar-refractivity contribution < 1.29 is 4.84 Å². The van der Waals surface area contributed by atoms with E-state index >= 15 is 0 Å². The van der Waals surface area contributed by atoms with Gasteiger partial charge in [-0.3, -0.25) is 4.98 Å². The van der Waals surface area contributed by atoms with Crippen molar-refractivity contribution in [1.82, 2.24) is 10.5 Å². The number of pyridine rings is 1. The first-order valence-electron chi connectivity index (χ1n) is 5.14. The normalized spacial score (nSPS) is 15.4. The number of rotatable bonds is 1. The number of hydroxylamine groups is 1. The molecule has 0 aliphatic carbocycles. The summed E-state index contributed by atoms with van der Waals surface area (Å²) in [6.07, 6.45) is 1.86. The minimum absolute atomic E-state index is 0.108. The monoisotopic (exact) mass is 217 g/mol. The van der Waals surface area contributed by atoms with Crippen molar-refractivity contribution in [2.75, 3.05) is 0 Å². The fourth-order valence-electron chi connectivity index (χ4n) is 1.36. The van der Waals surface area contributed by atoms with E-state index in [9.17, 15) is 0 Å². The molecule has 0 bridgehead atoms. The van der Waals surface area contributed by atoms with Crippen LogP contribution in [-0.2, 0) is 10.3 Å². The Hall–Kier alpha value is -1.84. The van der Waals surface area contributed by atoms with Crippen LogP contribution < -0.4 is 5.48 Å². The summed E-state index contributed by atoms with van der Waals surface area (Å²) in [5.74, 6) is 0.960. The van der Waals surface area contributed by atoms with Crippen molar-refractivity contribution >= 4 is 5.84 Å². The van der Waals surface area contributed by atoms with Gasteiger partial charge in [0.15, 0.2) is 5.84 Å².